The molecule has 0 heterocycles. The van der Waals surface area contributed by atoms with Gasteiger partial charge in [0.15, 0.2) is 0 Å². The van der Waals surface area contributed by atoms with Gasteiger partial charge in [0.1, 0.15) is 0 Å². The molecule has 0 bridgehead atoms. The Kier molecular flexibility index (Phi) is 88.7. The molecule has 0 fully saturated rings. The van der Waals surface area contributed by atoms with E-state index in [1.165, 1.54) is 0 Å². The van der Waals surface area contributed by atoms with Crippen LogP contribution in [0.5, 0.6) is 0 Å². The summed E-state index contributed by atoms with van der Waals surface area (Å²) < 4.78 is 8.36. The zero-order valence-electron chi connectivity index (χ0n) is 1.97. The Morgan fingerprint density at radius 3 is 1.25 bits per heavy atom. The minimum atomic E-state index is 0. The van der Waals surface area contributed by atoms with E-state index in [9.17, 15) is 0 Å². The van der Waals surface area contributed by atoms with Crippen LogP contribution in [0.3, 0.4) is 0 Å². The summed E-state index contributed by atoms with van der Waals surface area (Å²) >= 11 is 0.194. The van der Waals surface area contributed by atoms with Gasteiger partial charge in [-0.2, -0.15) is 0 Å². The molecular formula is H4Bi2ClO. The SMILES string of the molecule is Cl.[BiH3].[O]=[Bi]. The molecule has 0 atom stereocenters. The van der Waals surface area contributed by atoms with Crippen LogP contribution in [0.15, 0.2) is 0 Å². The van der Waals surface area contributed by atoms with E-state index in [2.05, 4.69) is 0 Å². The van der Waals surface area contributed by atoms with Crippen LogP contribution < -0.4 is 0 Å². The second-order valence-corrected chi connectivity index (χ2v) is 0. The van der Waals surface area contributed by atoms with Gasteiger partial charge in [0, 0.05) is 0 Å². The third kappa shape index (κ3) is 9.13. The molecule has 0 unspecified atom stereocenters. The second kappa shape index (κ2) is 21.0. The molecule has 4 heteroatoms. The fourth-order valence-corrected chi connectivity index (χ4v) is 0. The van der Waals surface area contributed by atoms with Crippen molar-refractivity contribution >= 4 is 63.3 Å². The molecule has 0 N–H and O–H groups in total. The molecule has 0 aromatic heterocycles. The van der Waals surface area contributed by atoms with Crippen molar-refractivity contribution in [2.45, 2.75) is 0 Å². The zero-order valence-corrected chi connectivity index (χ0v) is 11.8. The van der Waals surface area contributed by atoms with E-state index in [-0.39, 0.29) is 63.3 Å². The van der Waals surface area contributed by atoms with E-state index in [4.69, 9.17) is 2.81 Å². The van der Waals surface area contributed by atoms with E-state index in [0.717, 1.165) is 0 Å². The van der Waals surface area contributed by atoms with Crippen molar-refractivity contribution in [1.82, 2.24) is 0 Å². The molecule has 4 heavy (non-hydrogen) atoms. The predicted octanol–water partition coefficient (Wildman–Crippen LogP) is -1.26. The van der Waals surface area contributed by atoms with Crippen molar-refractivity contribution in [3.8, 4) is 0 Å². The van der Waals surface area contributed by atoms with Gasteiger partial charge in [0.05, 0.1) is 0 Å². The van der Waals surface area contributed by atoms with Crippen LogP contribution in [0.25, 0.3) is 0 Å². The number of hydrogen-bond donors (Lipinski definition) is 0. The van der Waals surface area contributed by atoms with E-state index >= 15 is 0 Å². The van der Waals surface area contributed by atoms with Gasteiger partial charge in [-0.05, 0) is 0 Å². The van der Waals surface area contributed by atoms with Gasteiger partial charge >= 0.3 is 53.7 Å². The predicted molar refractivity (Wildman–Crippen MR) is 23.6 cm³/mol. The fourth-order valence-electron chi connectivity index (χ4n) is 0. The van der Waals surface area contributed by atoms with Crippen molar-refractivity contribution in [2.75, 3.05) is 0 Å². The Morgan fingerprint density at radius 2 is 1.25 bits per heavy atom. The summed E-state index contributed by atoms with van der Waals surface area (Å²) in [7, 11) is 0. The molecule has 0 saturated heterocycles. The number of hydrogen-bond acceptors (Lipinski definition) is 1. The van der Waals surface area contributed by atoms with Crippen LogP contribution >= 0.6 is 12.4 Å². The summed E-state index contributed by atoms with van der Waals surface area (Å²) in [6.07, 6.45) is 0. The van der Waals surface area contributed by atoms with Gasteiger partial charge in [-0.1, -0.05) is 0 Å². The monoisotopic (exact) mass is 473 g/mol. The Morgan fingerprint density at radius 1 is 1.25 bits per heavy atom. The molecular weight excluding hydrogens is 469 g/mol. The molecule has 0 aromatic carbocycles. The molecule has 1 nitrogen and oxygen atoms in total. The van der Waals surface area contributed by atoms with Crippen molar-refractivity contribution in [3.05, 3.63) is 0 Å². The van der Waals surface area contributed by atoms with Gasteiger partial charge in [-0.3, -0.25) is 0 Å². The van der Waals surface area contributed by atoms with Crippen molar-refractivity contribution in [3.63, 3.8) is 0 Å². The maximum atomic E-state index is 8.36. The van der Waals surface area contributed by atoms with Gasteiger partial charge in [-0.25, -0.2) is 0 Å². The molecule has 1 radical (unpaired) electrons. The van der Waals surface area contributed by atoms with Crippen LogP contribution in [0.1, 0.15) is 0 Å². The van der Waals surface area contributed by atoms with Crippen LogP contribution in [-0.4, -0.2) is 50.9 Å². The van der Waals surface area contributed by atoms with Crippen molar-refractivity contribution in [1.29, 1.82) is 0 Å². The Labute approximate surface area is 65.4 Å². The third-order valence-corrected chi connectivity index (χ3v) is 0. The summed E-state index contributed by atoms with van der Waals surface area (Å²) in [6.45, 7) is 0. The zero-order chi connectivity index (χ0) is 2.00. The van der Waals surface area contributed by atoms with Crippen LogP contribution in [-0.2, 0) is 2.81 Å². The molecule has 0 spiro atoms. The Bertz CT molecular complexity index is 6.00. The van der Waals surface area contributed by atoms with Gasteiger partial charge in [0.25, 0.3) is 0 Å². The first-order chi connectivity index (χ1) is 1.00. The number of halogens is 1. The molecule has 0 aromatic rings. The fraction of sp³-hybridized carbons (Fsp3) is 0. The van der Waals surface area contributed by atoms with Gasteiger partial charge in [-0.15, -0.1) is 12.4 Å². The summed E-state index contributed by atoms with van der Waals surface area (Å²) in [4.78, 5) is 0. The van der Waals surface area contributed by atoms with Crippen LogP contribution in [0, 0.1) is 0 Å². The molecule has 0 aliphatic carbocycles. The standard InChI is InChI=1S/2Bi.ClH.O.3H/h;;1H;;;;. The minimum absolute atomic E-state index is 0. The Balaban J connectivity index is -0.00000000500. The molecule has 27 valence electrons. The molecule has 0 aliphatic heterocycles. The van der Waals surface area contributed by atoms with Crippen molar-refractivity contribution < 1.29 is 2.81 Å². The average molecular weight is 473 g/mol. The maximum absolute atomic E-state index is 8.36. The molecule has 0 aliphatic rings. The first kappa shape index (κ1) is 16.9. The quantitative estimate of drug-likeness (QED) is 0.402. The van der Waals surface area contributed by atoms with Gasteiger partial charge in [0.2, 0.25) is 0 Å². The van der Waals surface area contributed by atoms with Crippen molar-refractivity contribution in [2.24, 2.45) is 0 Å². The molecule has 0 saturated carbocycles. The summed E-state index contributed by atoms with van der Waals surface area (Å²) in [5, 5.41) is 0. The normalized spacial score (nSPS) is 1.00. The Hall–Kier alpha value is 1.86. The second-order valence-electron chi connectivity index (χ2n) is 0. The summed E-state index contributed by atoms with van der Waals surface area (Å²) in [5.74, 6) is 0. The molecule has 0 amide bonds. The summed E-state index contributed by atoms with van der Waals surface area (Å²) in [6, 6.07) is 0. The van der Waals surface area contributed by atoms with E-state index in [1.54, 1.807) is 0 Å². The van der Waals surface area contributed by atoms with Gasteiger partial charge < -0.3 is 0 Å². The summed E-state index contributed by atoms with van der Waals surface area (Å²) in [5.41, 5.74) is 0. The third-order valence-electron chi connectivity index (χ3n) is 0. The number of rotatable bonds is 0. The average Bonchev–Trinajstić information content (AvgIpc) is 1.00. The van der Waals surface area contributed by atoms with E-state index in [0.29, 0.717) is 0 Å². The van der Waals surface area contributed by atoms with E-state index < -0.39 is 0 Å². The first-order valence-corrected chi connectivity index (χ1v) is 1.60. The topological polar surface area (TPSA) is 17.1 Å². The van der Waals surface area contributed by atoms with E-state index in [1.807, 2.05) is 0 Å². The van der Waals surface area contributed by atoms with Crippen LogP contribution in [0.2, 0.25) is 0 Å². The first-order valence-electron chi connectivity index (χ1n) is 0.183. The molecule has 0 rings (SSSR count). The van der Waals surface area contributed by atoms with Crippen LogP contribution in [0.4, 0.5) is 0 Å².